The Bertz CT molecular complexity index is 540. The molecule has 1 aliphatic heterocycles. The fourth-order valence-electron chi connectivity index (χ4n) is 2.13. The van der Waals surface area contributed by atoms with E-state index in [9.17, 15) is 4.79 Å². The number of ether oxygens (including phenoxy) is 1. The molecule has 0 bridgehead atoms. The predicted octanol–water partition coefficient (Wildman–Crippen LogP) is 2.43. The van der Waals surface area contributed by atoms with Crippen molar-refractivity contribution in [3.8, 4) is 0 Å². The lowest BCUT2D eigenvalue weighted by atomic mass is 9.96. The van der Waals surface area contributed by atoms with E-state index in [1.165, 1.54) is 0 Å². The van der Waals surface area contributed by atoms with Gasteiger partial charge in [-0.1, -0.05) is 37.3 Å². The minimum atomic E-state index is -0.305. The molecule has 1 heterocycles. The molecule has 0 aliphatic carbocycles. The first kappa shape index (κ1) is 14.5. The molecular formula is C15H18N2O2S. The lowest BCUT2D eigenvalue weighted by Crippen LogP contribution is -2.45. The largest absolute Gasteiger partial charge is 0.462 e. The number of thiocarbonyl (C=S) groups is 1. The summed E-state index contributed by atoms with van der Waals surface area (Å²) in [7, 11) is 0. The Balaban J connectivity index is 2.34. The standard InChI is InChI=1S/C15H18N2O2S/c1-3-9-19-14(18)12-10(2)16-15(20)17-13(12)11-7-5-4-6-8-11/h4-8,13H,3,9H2,1-2H3,(H2,16,17,20)/t13-/m0/s1. The summed E-state index contributed by atoms with van der Waals surface area (Å²) in [5.74, 6) is -0.305. The quantitative estimate of drug-likeness (QED) is 0.659. The lowest BCUT2D eigenvalue weighted by Gasteiger charge is -2.29. The first-order chi connectivity index (χ1) is 9.63. The van der Waals surface area contributed by atoms with Crippen molar-refractivity contribution in [2.24, 2.45) is 0 Å². The average Bonchev–Trinajstić information content (AvgIpc) is 2.45. The molecule has 0 saturated heterocycles. The van der Waals surface area contributed by atoms with Crippen LogP contribution in [0.25, 0.3) is 0 Å². The Kier molecular flexibility index (Phi) is 4.74. The van der Waals surface area contributed by atoms with Crippen LogP contribution in [0, 0.1) is 0 Å². The molecule has 5 heteroatoms. The molecule has 106 valence electrons. The summed E-state index contributed by atoms with van der Waals surface area (Å²) in [6.45, 7) is 4.23. The number of carbonyl (C=O) groups is 1. The third kappa shape index (κ3) is 3.17. The zero-order chi connectivity index (χ0) is 14.5. The van der Waals surface area contributed by atoms with E-state index in [-0.39, 0.29) is 12.0 Å². The molecule has 20 heavy (non-hydrogen) atoms. The summed E-state index contributed by atoms with van der Waals surface area (Å²) in [4.78, 5) is 12.3. The molecule has 0 amide bonds. The zero-order valence-corrected chi connectivity index (χ0v) is 12.4. The van der Waals surface area contributed by atoms with Crippen LogP contribution >= 0.6 is 12.2 Å². The molecule has 0 unspecified atom stereocenters. The second-order valence-corrected chi connectivity index (χ2v) is 5.03. The highest BCUT2D eigenvalue weighted by molar-refractivity contribution is 7.80. The fourth-order valence-corrected chi connectivity index (χ4v) is 2.40. The van der Waals surface area contributed by atoms with E-state index in [0.29, 0.717) is 17.3 Å². The Morgan fingerprint density at radius 3 is 2.70 bits per heavy atom. The van der Waals surface area contributed by atoms with E-state index in [0.717, 1.165) is 17.7 Å². The van der Waals surface area contributed by atoms with Crippen LogP contribution in [0.1, 0.15) is 31.9 Å². The van der Waals surface area contributed by atoms with Gasteiger partial charge in [-0.3, -0.25) is 0 Å². The summed E-state index contributed by atoms with van der Waals surface area (Å²) >= 11 is 5.18. The molecule has 0 radical (unpaired) electrons. The smallest absolute Gasteiger partial charge is 0.338 e. The predicted molar refractivity (Wildman–Crippen MR) is 82.0 cm³/mol. The molecule has 4 nitrogen and oxygen atoms in total. The molecule has 0 saturated carbocycles. The molecule has 1 atom stereocenters. The van der Waals surface area contributed by atoms with Crippen molar-refractivity contribution < 1.29 is 9.53 Å². The first-order valence-corrected chi connectivity index (χ1v) is 7.04. The third-order valence-corrected chi connectivity index (χ3v) is 3.28. The van der Waals surface area contributed by atoms with Gasteiger partial charge >= 0.3 is 5.97 Å². The highest BCUT2D eigenvalue weighted by Gasteiger charge is 2.30. The van der Waals surface area contributed by atoms with Crippen molar-refractivity contribution in [2.45, 2.75) is 26.3 Å². The number of hydrogen-bond donors (Lipinski definition) is 2. The highest BCUT2D eigenvalue weighted by Crippen LogP contribution is 2.27. The van der Waals surface area contributed by atoms with Crippen LogP contribution in [-0.2, 0) is 9.53 Å². The summed E-state index contributed by atoms with van der Waals surface area (Å²) < 4.78 is 5.27. The van der Waals surface area contributed by atoms with Crippen LogP contribution in [0.4, 0.5) is 0 Å². The van der Waals surface area contributed by atoms with Gasteiger partial charge in [0.05, 0.1) is 18.2 Å². The number of allylic oxidation sites excluding steroid dienone is 1. The van der Waals surface area contributed by atoms with E-state index >= 15 is 0 Å². The molecule has 1 aliphatic rings. The van der Waals surface area contributed by atoms with Gasteiger partial charge in [-0.25, -0.2) is 4.79 Å². The van der Waals surface area contributed by atoms with Gasteiger partial charge in [0.25, 0.3) is 0 Å². The summed E-state index contributed by atoms with van der Waals surface area (Å²) in [5.41, 5.74) is 2.31. The topological polar surface area (TPSA) is 50.4 Å². The van der Waals surface area contributed by atoms with Gasteiger partial charge in [-0.05, 0) is 31.1 Å². The van der Waals surface area contributed by atoms with Crippen molar-refractivity contribution in [3.05, 3.63) is 47.2 Å². The van der Waals surface area contributed by atoms with E-state index in [1.807, 2.05) is 44.2 Å². The molecule has 2 rings (SSSR count). The van der Waals surface area contributed by atoms with Crippen LogP contribution in [0.15, 0.2) is 41.6 Å². The Hall–Kier alpha value is -1.88. The van der Waals surface area contributed by atoms with Gasteiger partial charge in [-0.15, -0.1) is 0 Å². The van der Waals surface area contributed by atoms with Gasteiger partial charge < -0.3 is 15.4 Å². The summed E-state index contributed by atoms with van der Waals surface area (Å²) in [6.07, 6.45) is 0.799. The monoisotopic (exact) mass is 290 g/mol. The van der Waals surface area contributed by atoms with Crippen LogP contribution < -0.4 is 10.6 Å². The summed E-state index contributed by atoms with van der Waals surface area (Å²) in [5, 5.41) is 6.63. The van der Waals surface area contributed by atoms with Crippen LogP contribution in [0.2, 0.25) is 0 Å². The maximum absolute atomic E-state index is 12.3. The van der Waals surface area contributed by atoms with Gasteiger partial charge in [-0.2, -0.15) is 0 Å². The Labute approximate surface area is 124 Å². The minimum absolute atomic E-state index is 0.269. The number of nitrogens with one attached hydrogen (secondary N) is 2. The molecular weight excluding hydrogens is 272 g/mol. The summed E-state index contributed by atoms with van der Waals surface area (Å²) in [6, 6.07) is 9.47. The van der Waals surface area contributed by atoms with Crippen molar-refractivity contribution in [1.29, 1.82) is 0 Å². The van der Waals surface area contributed by atoms with E-state index in [1.54, 1.807) is 0 Å². The average molecular weight is 290 g/mol. The highest BCUT2D eigenvalue weighted by atomic mass is 32.1. The molecule has 0 aromatic heterocycles. The zero-order valence-electron chi connectivity index (χ0n) is 11.6. The van der Waals surface area contributed by atoms with E-state index < -0.39 is 0 Å². The van der Waals surface area contributed by atoms with Crippen LogP contribution in [-0.4, -0.2) is 17.7 Å². The SMILES string of the molecule is CCCOC(=O)C1=C(C)NC(=S)N[C@H]1c1ccccc1. The van der Waals surface area contributed by atoms with E-state index in [4.69, 9.17) is 17.0 Å². The van der Waals surface area contributed by atoms with Crippen molar-refractivity contribution in [1.82, 2.24) is 10.6 Å². The minimum Gasteiger partial charge on any atom is -0.462 e. The molecule has 1 aromatic rings. The second kappa shape index (κ2) is 6.52. The van der Waals surface area contributed by atoms with Crippen molar-refractivity contribution in [3.63, 3.8) is 0 Å². The van der Waals surface area contributed by atoms with Gasteiger partial charge in [0, 0.05) is 5.70 Å². The Morgan fingerprint density at radius 1 is 1.35 bits per heavy atom. The second-order valence-electron chi connectivity index (χ2n) is 4.62. The van der Waals surface area contributed by atoms with Crippen LogP contribution in [0.3, 0.4) is 0 Å². The number of carbonyl (C=O) groups excluding carboxylic acids is 1. The normalized spacial score (nSPS) is 18.3. The molecule has 2 N–H and O–H groups in total. The van der Waals surface area contributed by atoms with Crippen molar-refractivity contribution >= 4 is 23.3 Å². The van der Waals surface area contributed by atoms with E-state index in [2.05, 4.69) is 10.6 Å². The lowest BCUT2D eigenvalue weighted by molar-refractivity contribution is -0.139. The number of hydrogen-bond acceptors (Lipinski definition) is 3. The molecule has 0 spiro atoms. The Morgan fingerprint density at radius 2 is 2.05 bits per heavy atom. The van der Waals surface area contributed by atoms with Gasteiger partial charge in [0.2, 0.25) is 0 Å². The maximum Gasteiger partial charge on any atom is 0.338 e. The number of esters is 1. The third-order valence-electron chi connectivity index (χ3n) is 3.06. The molecule has 1 aromatic carbocycles. The molecule has 0 fully saturated rings. The fraction of sp³-hybridized carbons (Fsp3) is 0.333. The van der Waals surface area contributed by atoms with Crippen LogP contribution in [0.5, 0.6) is 0 Å². The number of benzene rings is 1. The number of rotatable bonds is 4. The van der Waals surface area contributed by atoms with Crippen molar-refractivity contribution in [2.75, 3.05) is 6.61 Å². The first-order valence-electron chi connectivity index (χ1n) is 6.63. The van der Waals surface area contributed by atoms with Gasteiger partial charge in [0.15, 0.2) is 5.11 Å². The maximum atomic E-state index is 12.3. The van der Waals surface area contributed by atoms with Gasteiger partial charge in [0.1, 0.15) is 0 Å².